The molecule has 0 amide bonds. The molecule has 3 rings (SSSR count). The molecule has 2 aliphatic heterocycles. The Morgan fingerprint density at radius 2 is 2.05 bits per heavy atom. The summed E-state index contributed by atoms with van der Waals surface area (Å²) < 4.78 is 12.0. The van der Waals surface area contributed by atoms with E-state index in [2.05, 4.69) is 44.3 Å². The fraction of sp³-hybridized carbons (Fsp3) is 0.647. The van der Waals surface area contributed by atoms with Gasteiger partial charge in [-0.15, -0.1) is 0 Å². The van der Waals surface area contributed by atoms with E-state index < -0.39 is 0 Å². The molecule has 0 aliphatic carbocycles. The van der Waals surface area contributed by atoms with E-state index in [4.69, 9.17) is 9.47 Å². The van der Waals surface area contributed by atoms with E-state index in [0.717, 1.165) is 31.7 Å². The molecule has 3 nitrogen and oxygen atoms in total. The number of hydrogen-bond acceptors (Lipinski definition) is 3. The minimum Gasteiger partial charge on any atom is -0.487 e. The second-order valence-corrected chi connectivity index (χ2v) is 6.94. The number of rotatable bonds is 3. The van der Waals surface area contributed by atoms with Crippen LogP contribution < -0.4 is 10.1 Å². The monoisotopic (exact) mass is 275 g/mol. The SMILES string of the molecule is CC1(C)CC(NCC2(C)CCCO2)c2ccccc2O1. The average molecular weight is 275 g/mol. The molecule has 2 aliphatic rings. The van der Waals surface area contributed by atoms with Crippen molar-refractivity contribution in [2.45, 2.75) is 57.3 Å². The molecule has 1 aromatic carbocycles. The molecule has 1 aromatic rings. The molecule has 1 saturated heterocycles. The molecule has 20 heavy (non-hydrogen) atoms. The van der Waals surface area contributed by atoms with Crippen LogP contribution in [0, 0.1) is 0 Å². The van der Waals surface area contributed by atoms with E-state index in [1.54, 1.807) is 0 Å². The van der Waals surface area contributed by atoms with Crippen molar-refractivity contribution in [1.82, 2.24) is 5.32 Å². The van der Waals surface area contributed by atoms with Crippen LogP contribution in [0.4, 0.5) is 0 Å². The minimum atomic E-state index is -0.122. The second kappa shape index (κ2) is 5.05. The highest BCUT2D eigenvalue weighted by Crippen LogP contribution is 2.39. The first-order valence-electron chi connectivity index (χ1n) is 7.63. The quantitative estimate of drug-likeness (QED) is 0.916. The van der Waals surface area contributed by atoms with Crippen LogP contribution in [0.15, 0.2) is 24.3 Å². The fourth-order valence-corrected chi connectivity index (χ4v) is 3.30. The van der Waals surface area contributed by atoms with Gasteiger partial charge in [-0.2, -0.15) is 0 Å². The molecule has 2 heterocycles. The van der Waals surface area contributed by atoms with Crippen molar-refractivity contribution in [3.63, 3.8) is 0 Å². The summed E-state index contributed by atoms with van der Waals surface area (Å²) in [7, 11) is 0. The Morgan fingerprint density at radius 3 is 2.80 bits per heavy atom. The lowest BCUT2D eigenvalue weighted by molar-refractivity contribution is 0.0117. The second-order valence-electron chi connectivity index (χ2n) is 6.94. The lowest BCUT2D eigenvalue weighted by Gasteiger charge is -2.39. The van der Waals surface area contributed by atoms with Crippen molar-refractivity contribution in [2.75, 3.05) is 13.2 Å². The highest BCUT2D eigenvalue weighted by molar-refractivity contribution is 5.38. The van der Waals surface area contributed by atoms with Gasteiger partial charge in [0.25, 0.3) is 0 Å². The van der Waals surface area contributed by atoms with Crippen LogP contribution in [0.5, 0.6) is 5.75 Å². The molecule has 2 atom stereocenters. The van der Waals surface area contributed by atoms with E-state index in [1.165, 1.54) is 12.0 Å². The third-order valence-corrected chi connectivity index (χ3v) is 4.40. The van der Waals surface area contributed by atoms with Gasteiger partial charge in [0.15, 0.2) is 0 Å². The van der Waals surface area contributed by atoms with Crippen molar-refractivity contribution in [3.8, 4) is 5.75 Å². The van der Waals surface area contributed by atoms with Crippen LogP contribution in [-0.4, -0.2) is 24.4 Å². The number of nitrogens with one attached hydrogen (secondary N) is 1. The van der Waals surface area contributed by atoms with E-state index in [0.29, 0.717) is 6.04 Å². The molecule has 2 unspecified atom stereocenters. The maximum atomic E-state index is 6.08. The van der Waals surface area contributed by atoms with Gasteiger partial charge in [-0.3, -0.25) is 0 Å². The number of benzene rings is 1. The van der Waals surface area contributed by atoms with Crippen LogP contribution >= 0.6 is 0 Å². The van der Waals surface area contributed by atoms with Crippen LogP contribution in [0.3, 0.4) is 0 Å². The van der Waals surface area contributed by atoms with Gasteiger partial charge in [-0.25, -0.2) is 0 Å². The first kappa shape index (κ1) is 13.9. The Hall–Kier alpha value is -1.06. The molecule has 1 N–H and O–H groups in total. The van der Waals surface area contributed by atoms with Gasteiger partial charge in [0.2, 0.25) is 0 Å². The molecule has 0 radical (unpaired) electrons. The third kappa shape index (κ3) is 2.84. The average Bonchev–Trinajstić information content (AvgIpc) is 2.82. The number of para-hydroxylation sites is 1. The molecule has 0 bridgehead atoms. The van der Waals surface area contributed by atoms with Gasteiger partial charge in [0, 0.05) is 31.2 Å². The van der Waals surface area contributed by atoms with E-state index >= 15 is 0 Å². The van der Waals surface area contributed by atoms with E-state index in [-0.39, 0.29) is 11.2 Å². The molecule has 1 fully saturated rings. The third-order valence-electron chi connectivity index (χ3n) is 4.40. The molecule has 0 aromatic heterocycles. The summed E-state index contributed by atoms with van der Waals surface area (Å²) in [4.78, 5) is 0. The predicted octanol–water partition coefficient (Wildman–Crippen LogP) is 3.45. The molecule has 110 valence electrons. The summed E-state index contributed by atoms with van der Waals surface area (Å²) in [6, 6.07) is 8.71. The van der Waals surface area contributed by atoms with Gasteiger partial charge in [-0.1, -0.05) is 18.2 Å². The van der Waals surface area contributed by atoms with Crippen molar-refractivity contribution >= 4 is 0 Å². The van der Waals surface area contributed by atoms with Crippen molar-refractivity contribution in [1.29, 1.82) is 0 Å². The van der Waals surface area contributed by atoms with Gasteiger partial charge in [-0.05, 0) is 39.7 Å². The zero-order valence-corrected chi connectivity index (χ0v) is 12.7. The zero-order valence-electron chi connectivity index (χ0n) is 12.7. The lowest BCUT2D eigenvalue weighted by atomic mass is 9.89. The normalized spacial score (nSPS) is 31.6. The Labute approximate surface area is 121 Å². The fourth-order valence-electron chi connectivity index (χ4n) is 3.30. The van der Waals surface area contributed by atoms with Crippen molar-refractivity contribution < 1.29 is 9.47 Å². The van der Waals surface area contributed by atoms with E-state index in [1.807, 2.05) is 6.07 Å². The minimum absolute atomic E-state index is 0.00259. The largest absolute Gasteiger partial charge is 0.487 e. The summed E-state index contributed by atoms with van der Waals surface area (Å²) in [5, 5.41) is 3.71. The van der Waals surface area contributed by atoms with Gasteiger partial charge in [0.1, 0.15) is 11.4 Å². The van der Waals surface area contributed by atoms with Gasteiger partial charge >= 0.3 is 0 Å². The number of hydrogen-bond donors (Lipinski definition) is 1. The Morgan fingerprint density at radius 1 is 1.25 bits per heavy atom. The van der Waals surface area contributed by atoms with Gasteiger partial charge < -0.3 is 14.8 Å². The maximum absolute atomic E-state index is 6.08. The smallest absolute Gasteiger partial charge is 0.124 e. The lowest BCUT2D eigenvalue weighted by Crippen LogP contribution is -2.44. The molecular formula is C17H25NO2. The molecule has 0 saturated carbocycles. The summed E-state index contributed by atoms with van der Waals surface area (Å²) in [5.74, 6) is 1.01. The first-order chi connectivity index (χ1) is 9.48. The summed E-state index contributed by atoms with van der Waals surface area (Å²) in [6.07, 6.45) is 3.31. The van der Waals surface area contributed by atoms with E-state index in [9.17, 15) is 0 Å². The number of ether oxygens (including phenoxy) is 2. The summed E-state index contributed by atoms with van der Waals surface area (Å²) >= 11 is 0. The highest BCUT2D eigenvalue weighted by Gasteiger charge is 2.36. The van der Waals surface area contributed by atoms with Gasteiger partial charge in [0.05, 0.1) is 5.60 Å². The maximum Gasteiger partial charge on any atom is 0.124 e. The predicted molar refractivity (Wildman–Crippen MR) is 80.1 cm³/mol. The number of fused-ring (bicyclic) bond motifs is 1. The Balaban J connectivity index is 1.75. The molecule has 3 heteroatoms. The van der Waals surface area contributed by atoms with Crippen LogP contribution in [0.1, 0.15) is 51.6 Å². The first-order valence-corrected chi connectivity index (χ1v) is 7.63. The molecular weight excluding hydrogens is 250 g/mol. The van der Waals surface area contributed by atoms with Crippen molar-refractivity contribution in [3.05, 3.63) is 29.8 Å². The van der Waals surface area contributed by atoms with Crippen LogP contribution in [-0.2, 0) is 4.74 Å². The topological polar surface area (TPSA) is 30.5 Å². The zero-order chi connectivity index (χ0) is 14.2. The van der Waals surface area contributed by atoms with Crippen LogP contribution in [0.2, 0.25) is 0 Å². The summed E-state index contributed by atoms with van der Waals surface area (Å²) in [6.45, 7) is 8.33. The standard InChI is InChI=1S/C17H25NO2/c1-16(2)11-14(13-7-4-5-8-15(13)20-16)18-12-17(3)9-6-10-19-17/h4-5,7-8,14,18H,6,9-12H2,1-3H3. The Bertz CT molecular complexity index is 478. The highest BCUT2D eigenvalue weighted by atomic mass is 16.5. The molecule has 0 spiro atoms. The summed E-state index contributed by atoms with van der Waals surface area (Å²) in [5.41, 5.74) is 1.15. The Kier molecular flexibility index (Phi) is 3.51. The van der Waals surface area contributed by atoms with Crippen molar-refractivity contribution in [2.24, 2.45) is 0 Å². The van der Waals surface area contributed by atoms with Crippen LogP contribution in [0.25, 0.3) is 0 Å².